The molecule has 0 aromatic heterocycles. The first-order valence-corrected chi connectivity index (χ1v) is 6.90. The first-order chi connectivity index (χ1) is 10.4. The second-order valence-corrected chi connectivity index (χ2v) is 5.07. The van der Waals surface area contributed by atoms with Gasteiger partial charge in [-0.05, 0) is 37.6 Å². The molecule has 0 bridgehead atoms. The summed E-state index contributed by atoms with van der Waals surface area (Å²) in [6, 6.07) is 8.64. The standard InChI is InChI=1S/C17H17F2NO2/c1-11-3-4-16(12(2)7-11)22-6-5-17(21)20-15-9-13(18)8-14(19)10-15/h3-4,7-10H,5-6H2,1-2H3,(H,20,21). The van der Waals surface area contributed by atoms with Crippen molar-refractivity contribution in [2.45, 2.75) is 20.3 Å². The normalized spacial score (nSPS) is 10.4. The van der Waals surface area contributed by atoms with Gasteiger partial charge in [0.2, 0.25) is 5.91 Å². The summed E-state index contributed by atoms with van der Waals surface area (Å²) in [6.45, 7) is 4.10. The summed E-state index contributed by atoms with van der Waals surface area (Å²) in [5.74, 6) is -1.12. The molecule has 0 radical (unpaired) electrons. The van der Waals surface area contributed by atoms with E-state index in [1.54, 1.807) is 0 Å². The number of aryl methyl sites for hydroxylation is 2. The molecule has 3 nitrogen and oxygen atoms in total. The van der Waals surface area contributed by atoms with Crippen molar-refractivity contribution in [2.75, 3.05) is 11.9 Å². The van der Waals surface area contributed by atoms with Gasteiger partial charge in [-0.25, -0.2) is 8.78 Å². The van der Waals surface area contributed by atoms with Crippen molar-refractivity contribution in [1.29, 1.82) is 0 Å². The molecule has 1 amide bonds. The Balaban J connectivity index is 1.85. The highest BCUT2D eigenvalue weighted by Crippen LogP contribution is 2.19. The zero-order valence-electron chi connectivity index (χ0n) is 12.5. The number of hydrogen-bond donors (Lipinski definition) is 1. The fourth-order valence-corrected chi connectivity index (χ4v) is 2.06. The molecule has 0 saturated heterocycles. The quantitative estimate of drug-likeness (QED) is 0.907. The summed E-state index contributed by atoms with van der Waals surface area (Å²) < 4.78 is 31.6. The Bertz CT molecular complexity index is 666. The zero-order valence-corrected chi connectivity index (χ0v) is 12.5. The molecule has 5 heteroatoms. The van der Waals surface area contributed by atoms with Gasteiger partial charge in [0.15, 0.2) is 0 Å². The molecule has 22 heavy (non-hydrogen) atoms. The molecular formula is C17H17F2NO2. The van der Waals surface area contributed by atoms with Crippen molar-refractivity contribution >= 4 is 11.6 Å². The highest BCUT2D eigenvalue weighted by Gasteiger charge is 2.07. The number of carbonyl (C=O) groups is 1. The molecule has 116 valence electrons. The third-order valence-corrected chi connectivity index (χ3v) is 3.06. The number of anilines is 1. The first-order valence-electron chi connectivity index (χ1n) is 6.90. The Morgan fingerprint density at radius 2 is 1.77 bits per heavy atom. The van der Waals surface area contributed by atoms with E-state index in [1.165, 1.54) is 0 Å². The Morgan fingerprint density at radius 1 is 1.09 bits per heavy atom. The summed E-state index contributed by atoms with van der Waals surface area (Å²) >= 11 is 0. The fraction of sp³-hybridized carbons (Fsp3) is 0.235. The smallest absolute Gasteiger partial charge is 0.227 e. The number of rotatable bonds is 5. The third kappa shape index (κ3) is 4.55. The van der Waals surface area contributed by atoms with Crippen molar-refractivity contribution in [3.63, 3.8) is 0 Å². The van der Waals surface area contributed by atoms with Crippen LogP contribution in [0.5, 0.6) is 5.75 Å². The van der Waals surface area contributed by atoms with E-state index in [9.17, 15) is 13.6 Å². The van der Waals surface area contributed by atoms with E-state index in [0.717, 1.165) is 35.1 Å². The van der Waals surface area contributed by atoms with Crippen molar-refractivity contribution in [2.24, 2.45) is 0 Å². The van der Waals surface area contributed by atoms with Gasteiger partial charge in [-0.2, -0.15) is 0 Å². The summed E-state index contributed by atoms with van der Waals surface area (Å²) in [5.41, 5.74) is 2.22. The van der Waals surface area contributed by atoms with E-state index < -0.39 is 11.6 Å². The molecule has 0 aliphatic heterocycles. The van der Waals surface area contributed by atoms with E-state index >= 15 is 0 Å². The van der Waals surface area contributed by atoms with Crippen LogP contribution < -0.4 is 10.1 Å². The molecule has 0 atom stereocenters. The molecule has 0 fully saturated rings. The Hall–Kier alpha value is -2.43. The van der Waals surface area contributed by atoms with Crippen LogP contribution in [0.1, 0.15) is 17.5 Å². The second-order valence-electron chi connectivity index (χ2n) is 5.07. The van der Waals surface area contributed by atoms with Crippen molar-refractivity contribution in [3.8, 4) is 5.75 Å². The molecule has 1 N–H and O–H groups in total. The highest BCUT2D eigenvalue weighted by molar-refractivity contribution is 5.90. The Kier molecular flexibility index (Phi) is 5.09. The monoisotopic (exact) mass is 305 g/mol. The number of amides is 1. The fourth-order valence-electron chi connectivity index (χ4n) is 2.06. The van der Waals surface area contributed by atoms with Crippen LogP contribution in [0.4, 0.5) is 14.5 Å². The van der Waals surface area contributed by atoms with E-state index in [1.807, 2.05) is 32.0 Å². The molecular weight excluding hydrogens is 288 g/mol. The average molecular weight is 305 g/mol. The Labute approximate surface area is 127 Å². The lowest BCUT2D eigenvalue weighted by atomic mass is 10.1. The SMILES string of the molecule is Cc1ccc(OCCC(=O)Nc2cc(F)cc(F)c2)c(C)c1. The lowest BCUT2D eigenvalue weighted by molar-refractivity contribution is -0.116. The zero-order chi connectivity index (χ0) is 16.1. The van der Waals surface area contributed by atoms with Gasteiger partial charge in [-0.3, -0.25) is 4.79 Å². The summed E-state index contributed by atoms with van der Waals surface area (Å²) in [5, 5.41) is 2.43. The minimum absolute atomic E-state index is 0.0887. The van der Waals surface area contributed by atoms with E-state index in [0.29, 0.717) is 0 Å². The van der Waals surface area contributed by atoms with Crippen LogP contribution in [-0.4, -0.2) is 12.5 Å². The maximum atomic E-state index is 13.0. The van der Waals surface area contributed by atoms with Gasteiger partial charge in [0.05, 0.1) is 13.0 Å². The van der Waals surface area contributed by atoms with Crippen molar-refractivity contribution in [3.05, 3.63) is 59.2 Å². The van der Waals surface area contributed by atoms with Crippen LogP contribution in [0.25, 0.3) is 0 Å². The van der Waals surface area contributed by atoms with Crippen LogP contribution in [0.2, 0.25) is 0 Å². The number of benzene rings is 2. The van der Waals surface area contributed by atoms with Gasteiger partial charge < -0.3 is 10.1 Å². The molecule has 0 unspecified atom stereocenters. The molecule has 0 aliphatic rings. The summed E-state index contributed by atoms with van der Waals surface area (Å²) in [7, 11) is 0. The predicted molar refractivity (Wildman–Crippen MR) is 81.0 cm³/mol. The van der Waals surface area contributed by atoms with Gasteiger partial charge in [0.1, 0.15) is 17.4 Å². The summed E-state index contributed by atoms with van der Waals surface area (Å²) in [4.78, 5) is 11.7. The number of ether oxygens (including phenoxy) is 1. The molecule has 2 aromatic carbocycles. The average Bonchev–Trinajstić information content (AvgIpc) is 2.40. The van der Waals surface area contributed by atoms with E-state index in [-0.39, 0.29) is 24.6 Å². The summed E-state index contributed by atoms with van der Waals surface area (Å²) in [6.07, 6.45) is 0.0887. The van der Waals surface area contributed by atoms with E-state index in [2.05, 4.69) is 5.32 Å². The van der Waals surface area contributed by atoms with Crippen molar-refractivity contribution in [1.82, 2.24) is 0 Å². The highest BCUT2D eigenvalue weighted by atomic mass is 19.1. The minimum atomic E-state index is -0.734. The Morgan fingerprint density at radius 3 is 2.41 bits per heavy atom. The first kappa shape index (κ1) is 15.9. The van der Waals surface area contributed by atoms with Crippen LogP contribution in [0.3, 0.4) is 0 Å². The van der Waals surface area contributed by atoms with Crippen LogP contribution in [-0.2, 0) is 4.79 Å². The molecule has 0 heterocycles. The molecule has 0 saturated carbocycles. The number of halogens is 2. The van der Waals surface area contributed by atoms with Crippen LogP contribution >= 0.6 is 0 Å². The lowest BCUT2D eigenvalue weighted by Gasteiger charge is -2.10. The van der Waals surface area contributed by atoms with Gasteiger partial charge in [-0.1, -0.05) is 17.7 Å². The molecule has 0 spiro atoms. The van der Waals surface area contributed by atoms with Gasteiger partial charge >= 0.3 is 0 Å². The van der Waals surface area contributed by atoms with Crippen LogP contribution in [0, 0.1) is 25.5 Å². The molecule has 2 rings (SSSR count). The van der Waals surface area contributed by atoms with Gasteiger partial charge in [-0.15, -0.1) is 0 Å². The maximum Gasteiger partial charge on any atom is 0.227 e. The maximum absolute atomic E-state index is 13.0. The number of hydrogen-bond acceptors (Lipinski definition) is 2. The van der Waals surface area contributed by atoms with Crippen molar-refractivity contribution < 1.29 is 18.3 Å². The molecule has 2 aromatic rings. The van der Waals surface area contributed by atoms with Gasteiger partial charge in [0.25, 0.3) is 0 Å². The number of nitrogens with one attached hydrogen (secondary N) is 1. The van der Waals surface area contributed by atoms with Crippen LogP contribution in [0.15, 0.2) is 36.4 Å². The minimum Gasteiger partial charge on any atom is -0.493 e. The van der Waals surface area contributed by atoms with E-state index in [4.69, 9.17) is 4.74 Å². The topological polar surface area (TPSA) is 38.3 Å². The molecule has 0 aliphatic carbocycles. The largest absolute Gasteiger partial charge is 0.493 e. The van der Waals surface area contributed by atoms with Gasteiger partial charge in [0, 0.05) is 11.8 Å². The number of carbonyl (C=O) groups excluding carboxylic acids is 1. The predicted octanol–water partition coefficient (Wildman–Crippen LogP) is 3.99. The lowest BCUT2D eigenvalue weighted by Crippen LogP contribution is -2.15. The second kappa shape index (κ2) is 7.02. The third-order valence-electron chi connectivity index (χ3n) is 3.06.